The van der Waals surface area contributed by atoms with Crippen LogP contribution in [-0.4, -0.2) is 15.6 Å². The van der Waals surface area contributed by atoms with Crippen LogP contribution in [0.25, 0.3) is 0 Å². The van der Waals surface area contributed by atoms with Crippen LogP contribution in [0.5, 0.6) is 5.88 Å². The van der Waals surface area contributed by atoms with Gasteiger partial charge < -0.3 is 10.4 Å². The van der Waals surface area contributed by atoms with Crippen LogP contribution >= 0.6 is 0 Å². The summed E-state index contributed by atoms with van der Waals surface area (Å²) >= 11 is 0. The van der Waals surface area contributed by atoms with E-state index in [-0.39, 0.29) is 23.5 Å². The van der Waals surface area contributed by atoms with Gasteiger partial charge in [-0.2, -0.15) is 0 Å². The van der Waals surface area contributed by atoms with Crippen LogP contribution in [0.3, 0.4) is 0 Å². The molecule has 2 aromatic carbocycles. The minimum atomic E-state index is -0.411. The van der Waals surface area contributed by atoms with Gasteiger partial charge in [0.05, 0.1) is 6.54 Å². The molecule has 26 heavy (non-hydrogen) atoms. The van der Waals surface area contributed by atoms with Gasteiger partial charge in [0.2, 0.25) is 5.88 Å². The van der Waals surface area contributed by atoms with Crippen molar-refractivity contribution in [2.45, 2.75) is 20.0 Å². The Morgan fingerprint density at radius 1 is 1.00 bits per heavy atom. The summed E-state index contributed by atoms with van der Waals surface area (Å²) in [4.78, 5) is 24.9. The van der Waals surface area contributed by atoms with E-state index in [4.69, 9.17) is 0 Å². The zero-order valence-electron chi connectivity index (χ0n) is 14.5. The molecule has 3 rings (SSSR count). The quantitative estimate of drug-likeness (QED) is 0.745. The third-order valence-corrected chi connectivity index (χ3v) is 4.19. The number of aromatic nitrogens is 1. The second kappa shape index (κ2) is 7.70. The normalized spacial score (nSPS) is 10.5. The lowest BCUT2D eigenvalue weighted by Gasteiger charge is -2.15. The lowest BCUT2D eigenvalue weighted by atomic mass is 10.1. The first kappa shape index (κ1) is 17.5. The largest absolute Gasteiger partial charge is 0.494 e. The number of amides is 1. The summed E-state index contributed by atoms with van der Waals surface area (Å²) in [6.07, 6.45) is 0. The Bertz CT molecular complexity index is 964. The highest BCUT2D eigenvalue weighted by molar-refractivity contribution is 5.97. The first-order chi connectivity index (χ1) is 12.6. The lowest BCUT2D eigenvalue weighted by Crippen LogP contribution is -2.28. The summed E-state index contributed by atoms with van der Waals surface area (Å²) in [7, 11) is 0. The van der Waals surface area contributed by atoms with Gasteiger partial charge in [0.1, 0.15) is 5.56 Å². The SMILES string of the molecule is Cc1cc(=O)n(Cc2ccccc2)c(O)c1C(=O)NCc1ccccc1. The number of aromatic hydroxyl groups is 1. The van der Waals surface area contributed by atoms with Gasteiger partial charge in [-0.05, 0) is 23.6 Å². The Kier molecular flexibility index (Phi) is 5.17. The predicted octanol–water partition coefficient (Wildman–Crippen LogP) is 2.84. The maximum atomic E-state index is 12.6. The van der Waals surface area contributed by atoms with Crippen LogP contribution in [0.2, 0.25) is 0 Å². The summed E-state index contributed by atoms with van der Waals surface area (Å²) in [6.45, 7) is 2.19. The molecule has 0 saturated heterocycles. The first-order valence-electron chi connectivity index (χ1n) is 8.35. The van der Waals surface area contributed by atoms with Crippen molar-refractivity contribution in [2.24, 2.45) is 0 Å². The van der Waals surface area contributed by atoms with Crippen molar-refractivity contribution < 1.29 is 9.90 Å². The zero-order valence-corrected chi connectivity index (χ0v) is 14.5. The number of rotatable bonds is 5. The zero-order chi connectivity index (χ0) is 18.5. The van der Waals surface area contributed by atoms with Crippen LogP contribution in [0.1, 0.15) is 27.0 Å². The van der Waals surface area contributed by atoms with E-state index < -0.39 is 5.91 Å². The molecule has 0 bridgehead atoms. The average Bonchev–Trinajstić information content (AvgIpc) is 2.65. The Morgan fingerprint density at radius 2 is 1.58 bits per heavy atom. The van der Waals surface area contributed by atoms with Gasteiger partial charge in [-0.3, -0.25) is 14.2 Å². The van der Waals surface area contributed by atoms with Crippen LogP contribution in [0.15, 0.2) is 71.5 Å². The molecule has 0 radical (unpaired) electrons. The molecule has 0 saturated carbocycles. The van der Waals surface area contributed by atoms with Crippen molar-refractivity contribution in [3.63, 3.8) is 0 Å². The fourth-order valence-electron chi connectivity index (χ4n) is 2.82. The van der Waals surface area contributed by atoms with Gasteiger partial charge in [0.15, 0.2) is 0 Å². The van der Waals surface area contributed by atoms with E-state index in [1.54, 1.807) is 6.92 Å². The monoisotopic (exact) mass is 348 g/mol. The standard InChI is InChI=1S/C21H20N2O3/c1-15-12-18(24)23(14-17-10-6-3-7-11-17)21(26)19(15)20(25)22-13-16-8-4-2-5-9-16/h2-12,26H,13-14H2,1H3,(H,22,25). The lowest BCUT2D eigenvalue weighted by molar-refractivity contribution is 0.0946. The first-order valence-corrected chi connectivity index (χ1v) is 8.35. The predicted molar refractivity (Wildman–Crippen MR) is 100 cm³/mol. The van der Waals surface area contributed by atoms with Gasteiger partial charge in [0.25, 0.3) is 11.5 Å². The molecule has 1 amide bonds. The number of hydrogen-bond donors (Lipinski definition) is 2. The fraction of sp³-hybridized carbons (Fsp3) is 0.143. The molecule has 5 nitrogen and oxygen atoms in total. The molecule has 0 spiro atoms. The van der Waals surface area contributed by atoms with E-state index >= 15 is 0 Å². The van der Waals surface area contributed by atoms with Crippen molar-refractivity contribution >= 4 is 5.91 Å². The number of hydrogen-bond acceptors (Lipinski definition) is 3. The maximum Gasteiger partial charge on any atom is 0.257 e. The van der Waals surface area contributed by atoms with Gasteiger partial charge >= 0.3 is 0 Å². The number of benzene rings is 2. The summed E-state index contributed by atoms with van der Waals surface area (Å²) in [5.41, 5.74) is 2.04. The van der Waals surface area contributed by atoms with Crippen LogP contribution in [0, 0.1) is 6.92 Å². The van der Waals surface area contributed by atoms with Crippen LogP contribution in [-0.2, 0) is 13.1 Å². The number of carbonyl (C=O) groups is 1. The van der Waals surface area contributed by atoms with E-state index in [0.29, 0.717) is 12.1 Å². The molecule has 0 atom stereocenters. The summed E-state index contributed by atoms with van der Waals surface area (Å²) in [5, 5.41) is 13.4. The molecule has 132 valence electrons. The molecule has 0 aliphatic rings. The smallest absolute Gasteiger partial charge is 0.257 e. The Hall–Kier alpha value is -3.34. The van der Waals surface area contributed by atoms with Gasteiger partial charge in [0, 0.05) is 12.6 Å². The summed E-state index contributed by atoms with van der Waals surface area (Å²) in [6, 6.07) is 20.2. The highest BCUT2D eigenvalue weighted by Gasteiger charge is 2.19. The molecule has 1 aromatic heterocycles. The third kappa shape index (κ3) is 3.83. The number of carbonyl (C=O) groups excluding carboxylic acids is 1. The average molecular weight is 348 g/mol. The van der Waals surface area contributed by atoms with Gasteiger partial charge in [-0.25, -0.2) is 0 Å². The van der Waals surface area contributed by atoms with Gasteiger partial charge in [-0.15, -0.1) is 0 Å². The molecular weight excluding hydrogens is 328 g/mol. The molecule has 0 aliphatic heterocycles. The van der Waals surface area contributed by atoms with E-state index in [0.717, 1.165) is 11.1 Å². The van der Waals surface area contributed by atoms with Crippen molar-refractivity contribution in [3.8, 4) is 5.88 Å². The van der Waals surface area contributed by atoms with Crippen molar-refractivity contribution in [1.82, 2.24) is 9.88 Å². The molecule has 5 heteroatoms. The fourth-order valence-corrected chi connectivity index (χ4v) is 2.82. The summed E-state index contributed by atoms with van der Waals surface area (Å²) < 4.78 is 1.21. The number of pyridine rings is 1. The molecule has 0 aliphatic carbocycles. The van der Waals surface area contributed by atoms with E-state index in [2.05, 4.69) is 5.32 Å². The Balaban J connectivity index is 1.88. The number of nitrogens with zero attached hydrogens (tertiary/aromatic N) is 1. The minimum Gasteiger partial charge on any atom is -0.494 e. The molecule has 3 aromatic rings. The Labute approximate surface area is 151 Å². The Morgan fingerprint density at radius 3 is 2.19 bits per heavy atom. The second-order valence-corrected chi connectivity index (χ2v) is 6.10. The highest BCUT2D eigenvalue weighted by atomic mass is 16.3. The van der Waals surface area contributed by atoms with E-state index in [1.165, 1.54) is 10.6 Å². The maximum absolute atomic E-state index is 12.6. The topological polar surface area (TPSA) is 71.3 Å². The van der Waals surface area contributed by atoms with E-state index in [1.807, 2.05) is 60.7 Å². The molecule has 0 fully saturated rings. The third-order valence-electron chi connectivity index (χ3n) is 4.19. The highest BCUT2D eigenvalue weighted by Crippen LogP contribution is 2.20. The minimum absolute atomic E-state index is 0.122. The second-order valence-electron chi connectivity index (χ2n) is 6.10. The molecular formula is C21H20N2O3. The molecule has 1 heterocycles. The molecule has 0 unspecified atom stereocenters. The van der Waals surface area contributed by atoms with Gasteiger partial charge in [-0.1, -0.05) is 60.7 Å². The van der Waals surface area contributed by atoms with Crippen molar-refractivity contribution in [1.29, 1.82) is 0 Å². The number of nitrogens with one attached hydrogen (secondary N) is 1. The summed E-state index contributed by atoms with van der Waals surface area (Å²) in [5.74, 6) is -0.727. The molecule has 2 N–H and O–H groups in total. The number of aryl methyl sites for hydroxylation is 1. The van der Waals surface area contributed by atoms with E-state index in [9.17, 15) is 14.7 Å². The van der Waals surface area contributed by atoms with Crippen molar-refractivity contribution in [3.05, 3.63) is 99.3 Å². The van der Waals surface area contributed by atoms with Crippen molar-refractivity contribution in [2.75, 3.05) is 0 Å². The van der Waals surface area contributed by atoms with Crippen LogP contribution < -0.4 is 10.9 Å². The van der Waals surface area contributed by atoms with Crippen LogP contribution in [0.4, 0.5) is 0 Å².